The monoisotopic (exact) mass is 134 g/mol. The second-order valence-electron chi connectivity index (χ2n) is 2.25. The van der Waals surface area contributed by atoms with Gasteiger partial charge in [-0.2, -0.15) is 0 Å². The highest BCUT2D eigenvalue weighted by atomic mass is 16.5. The van der Waals surface area contributed by atoms with Crippen LogP contribution in [-0.2, 0) is 4.74 Å². The minimum atomic E-state index is 0.757. The predicted molar refractivity (Wildman–Crippen MR) is 37.7 cm³/mol. The van der Waals surface area contributed by atoms with E-state index in [4.69, 9.17) is 4.74 Å². The Kier molecular flexibility index (Phi) is 1.24. The van der Waals surface area contributed by atoms with Crippen LogP contribution in [0, 0.1) is 6.08 Å². The summed E-state index contributed by atoms with van der Waals surface area (Å²) in [5, 5.41) is 3.08. The first kappa shape index (κ1) is 5.59. The highest BCUT2D eigenvalue weighted by molar-refractivity contribution is 5.28. The molecule has 0 atom stereocenters. The summed E-state index contributed by atoms with van der Waals surface area (Å²) in [6.45, 7) is 0.757. The second kappa shape index (κ2) is 2.21. The van der Waals surface area contributed by atoms with Crippen molar-refractivity contribution in [3.05, 3.63) is 35.9 Å². The third-order valence-corrected chi connectivity index (χ3v) is 1.54. The molecule has 1 N–H and O–H groups in total. The summed E-state index contributed by atoms with van der Waals surface area (Å²) in [6, 6.07) is 0. The Morgan fingerprint density at radius 2 is 2.60 bits per heavy atom. The van der Waals surface area contributed by atoms with Crippen LogP contribution in [0.4, 0.5) is 0 Å². The molecule has 1 radical (unpaired) electrons. The molecule has 0 unspecified atom stereocenters. The normalized spacial score (nSPS) is 21.6. The van der Waals surface area contributed by atoms with Gasteiger partial charge in [0, 0.05) is 12.1 Å². The van der Waals surface area contributed by atoms with Crippen molar-refractivity contribution in [2.24, 2.45) is 0 Å². The molecule has 0 fully saturated rings. The molecule has 2 aliphatic rings. The zero-order chi connectivity index (χ0) is 6.81. The maximum absolute atomic E-state index is 5.20. The molecule has 0 aliphatic carbocycles. The number of ether oxygens (including phenoxy) is 1. The van der Waals surface area contributed by atoms with E-state index in [9.17, 15) is 0 Å². The van der Waals surface area contributed by atoms with Crippen LogP contribution < -0.4 is 5.32 Å². The van der Waals surface area contributed by atoms with Crippen LogP contribution in [0.15, 0.2) is 29.9 Å². The molecule has 0 bridgehead atoms. The number of dihydropyridines is 1. The zero-order valence-corrected chi connectivity index (χ0v) is 5.55. The molecule has 2 rings (SSSR count). The predicted octanol–water partition coefficient (Wildman–Crippen LogP) is 1.09. The molecule has 2 heterocycles. The molecular formula is C8H8NO. The fourth-order valence-electron chi connectivity index (χ4n) is 1.04. The number of rotatable bonds is 0. The molecule has 10 heavy (non-hydrogen) atoms. The first-order valence-electron chi connectivity index (χ1n) is 3.32. The first-order chi connectivity index (χ1) is 4.97. The number of allylic oxidation sites excluding steroid dienone is 3. The Bertz CT molecular complexity index is 225. The molecule has 0 aromatic rings. The highest BCUT2D eigenvalue weighted by Crippen LogP contribution is 2.17. The number of nitrogens with one attached hydrogen (secondary N) is 1. The molecule has 0 saturated carbocycles. The van der Waals surface area contributed by atoms with Crippen LogP contribution in [0.5, 0.6) is 0 Å². The third kappa shape index (κ3) is 0.817. The Balaban J connectivity index is 2.25. The van der Waals surface area contributed by atoms with Gasteiger partial charge in [-0.3, -0.25) is 0 Å². The molecule has 51 valence electrons. The van der Waals surface area contributed by atoms with Gasteiger partial charge in [0.05, 0.1) is 6.26 Å². The Morgan fingerprint density at radius 1 is 1.60 bits per heavy atom. The van der Waals surface area contributed by atoms with Crippen molar-refractivity contribution in [3.8, 4) is 0 Å². The van der Waals surface area contributed by atoms with E-state index in [0.717, 1.165) is 18.8 Å². The van der Waals surface area contributed by atoms with E-state index >= 15 is 0 Å². The van der Waals surface area contributed by atoms with Gasteiger partial charge in [-0.05, 0) is 24.6 Å². The standard InChI is InChI=1S/C8H8NO/c1-3-7-4-2-6-10-8(7)9-5-1/h2-3,6,9H,4-5H2. The molecule has 2 heteroatoms. The van der Waals surface area contributed by atoms with E-state index in [1.807, 2.05) is 12.2 Å². The minimum absolute atomic E-state index is 0.757. The van der Waals surface area contributed by atoms with E-state index in [0.29, 0.717) is 0 Å². The summed E-state index contributed by atoms with van der Waals surface area (Å²) >= 11 is 0. The van der Waals surface area contributed by atoms with E-state index in [1.165, 1.54) is 5.57 Å². The van der Waals surface area contributed by atoms with Crippen LogP contribution in [0.25, 0.3) is 0 Å². The van der Waals surface area contributed by atoms with Crippen LogP contribution in [0.3, 0.4) is 0 Å². The van der Waals surface area contributed by atoms with Gasteiger partial charge in [0.15, 0.2) is 5.88 Å². The van der Waals surface area contributed by atoms with Gasteiger partial charge in [-0.1, -0.05) is 0 Å². The maximum atomic E-state index is 5.20. The van der Waals surface area contributed by atoms with Gasteiger partial charge >= 0.3 is 0 Å². The van der Waals surface area contributed by atoms with Crippen molar-refractivity contribution < 1.29 is 4.74 Å². The molecule has 0 spiro atoms. The van der Waals surface area contributed by atoms with Crippen molar-refractivity contribution in [1.82, 2.24) is 5.32 Å². The van der Waals surface area contributed by atoms with Crippen molar-refractivity contribution >= 4 is 0 Å². The smallest absolute Gasteiger partial charge is 0.196 e. The molecule has 0 aromatic carbocycles. The average molecular weight is 134 g/mol. The molecule has 2 nitrogen and oxygen atoms in total. The fourth-order valence-corrected chi connectivity index (χ4v) is 1.04. The SMILES string of the molecule is [C]1=CC2=C(NC1)OC=CC2. The second-order valence-corrected chi connectivity index (χ2v) is 2.25. The largest absolute Gasteiger partial charge is 0.449 e. The van der Waals surface area contributed by atoms with Gasteiger partial charge in [0.2, 0.25) is 0 Å². The van der Waals surface area contributed by atoms with Crippen LogP contribution in [0.2, 0.25) is 0 Å². The number of hydrogen-bond donors (Lipinski definition) is 1. The van der Waals surface area contributed by atoms with E-state index in [1.54, 1.807) is 6.26 Å². The van der Waals surface area contributed by atoms with Gasteiger partial charge in [0.1, 0.15) is 0 Å². The fraction of sp³-hybridized carbons (Fsp3) is 0.250. The van der Waals surface area contributed by atoms with Crippen LogP contribution >= 0.6 is 0 Å². The molecular weight excluding hydrogens is 126 g/mol. The lowest BCUT2D eigenvalue weighted by molar-refractivity contribution is 0.303. The summed E-state index contributed by atoms with van der Waals surface area (Å²) < 4.78 is 5.20. The lowest BCUT2D eigenvalue weighted by atomic mass is 10.1. The summed E-state index contributed by atoms with van der Waals surface area (Å²) in [5.74, 6) is 0.890. The number of hydrogen-bond acceptors (Lipinski definition) is 2. The Hall–Kier alpha value is -1.18. The van der Waals surface area contributed by atoms with Gasteiger partial charge in [0.25, 0.3) is 0 Å². The highest BCUT2D eigenvalue weighted by Gasteiger charge is 2.09. The van der Waals surface area contributed by atoms with Gasteiger partial charge < -0.3 is 10.1 Å². The molecule has 0 aromatic heterocycles. The van der Waals surface area contributed by atoms with Crippen molar-refractivity contribution in [1.29, 1.82) is 0 Å². The third-order valence-electron chi connectivity index (χ3n) is 1.54. The lowest BCUT2D eigenvalue weighted by Gasteiger charge is -2.17. The van der Waals surface area contributed by atoms with Gasteiger partial charge in [-0.15, -0.1) is 0 Å². The van der Waals surface area contributed by atoms with E-state index < -0.39 is 0 Å². The Morgan fingerprint density at radius 3 is 3.50 bits per heavy atom. The topological polar surface area (TPSA) is 21.3 Å². The maximum Gasteiger partial charge on any atom is 0.196 e. The Labute approximate surface area is 59.9 Å². The van der Waals surface area contributed by atoms with E-state index in [2.05, 4.69) is 11.4 Å². The summed E-state index contributed by atoms with van der Waals surface area (Å²) in [5.41, 5.74) is 1.19. The summed E-state index contributed by atoms with van der Waals surface area (Å²) in [4.78, 5) is 0. The van der Waals surface area contributed by atoms with Crippen molar-refractivity contribution in [2.45, 2.75) is 6.42 Å². The lowest BCUT2D eigenvalue weighted by Crippen LogP contribution is -2.20. The van der Waals surface area contributed by atoms with Crippen molar-refractivity contribution in [3.63, 3.8) is 0 Å². The van der Waals surface area contributed by atoms with Crippen LogP contribution in [0.1, 0.15) is 6.42 Å². The van der Waals surface area contributed by atoms with E-state index in [-0.39, 0.29) is 0 Å². The molecule has 0 amide bonds. The quantitative estimate of drug-likeness (QED) is 0.535. The molecule has 0 saturated heterocycles. The van der Waals surface area contributed by atoms with Gasteiger partial charge in [-0.25, -0.2) is 0 Å². The molecule has 2 aliphatic heterocycles. The van der Waals surface area contributed by atoms with Crippen LogP contribution in [-0.4, -0.2) is 6.54 Å². The summed E-state index contributed by atoms with van der Waals surface area (Å²) in [6.07, 6.45) is 9.71. The van der Waals surface area contributed by atoms with Crippen molar-refractivity contribution in [2.75, 3.05) is 6.54 Å². The summed E-state index contributed by atoms with van der Waals surface area (Å²) in [7, 11) is 0. The average Bonchev–Trinajstić information content (AvgIpc) is 2.05. The zero-order valence-electron chi connectivity index (χ0n) is 5.55. The minimum Gasteiger partial charge on any atom is -0.449 e. The first-order valence-corrected chi connectivity index (χ1v) is 3.32.